The van der Waals surface area contributed by atoms with Crippen molar-refractivity contribution >= 4 is 17.3 Å². The van der Waals surface area contributed by atoms with Gasteiger partial charge in [-0.2, -0.15) is 0 Å². The third kappa shape index (κ3) is 3.25. The number of benzene rings is 2. The number of carbonyl (C=O) groups is 1. The Morgan fingerprint density at radius 3 is 2.57 bits per heavy atom. The summed E-state index contributed by atoms with van der Waals surface area (Å²) in [7, 11) is 1.60. The Morgan fingerprint density at radius 1 is 1.19 bits per heavy atom. The fraction of sp³-hybridized carbons (Fsp3) is 0.188. The molecule has 2 aromatic carbocycles. The van der Waals surface area contributed by atoms with Crippen LogP contribution in [0.15, 0.2) is 42.5 Å². The van der Waals surface area contributed by atoms with Crippen molar-refractivity contribution < 1.29 is 9.53 Å². The highest BCUT2D eigenvalue weighted by atomic mass is 16.5. The van der Waals surface area contributed by atoms with Crippen LogP contribution in [0.3, 0.4) is 0 Å². The molecule has 1 amide bonds. The van der Waals surface area contributed by atoms with Gasteiger partial charge in [-0.1, -0.05) is 18.2 Å². The van der Waals surface area contributed by atoms with Crippen molar-refractivity contribution in [3.63, 3.8) is 0 Å². The zero-order chi connectivity index (χ0) is 15.4. The molecule has 0 spiro atoms. The zero-order valence-electron chi connectivity index (χ0n) is 12.1. The molecule has 5 nitrogen and oxygen atoms in total. The van der Waals surface area contributed by atoms with Crippen LogP contribution in [0.5, 0.6) is 5.75 Å². The second-order valence-corrected chi connectivity index (χ2v) is 4.78. The lowest BCUT2D eigenvalue weighted by Gasteiger charge is -2.17. The van der Waals surface area contributed by atoms with Crippen molar-refractivity contribution in [2.24, 2.45) is 0 Å². The molecule has 2 aromatic rings. The van der Waals surface area contributed by atoms with Gasteiger partial charge in [-0.3, -0.25) is 4.79 Å². The van der Waals surface area contributed by atoms with Crippen molar-refractivity contribution in [3.8, 4) is 5.75 Å². The number of nitrogens with one attached hydrogen (secondary N) is 1. The molecule has 5 N–H and O–H groups in total. The van der Waals surface area contributed by atoms with E-state index in [0.29, 0.717) is 16.9 Å². The molecule has 5 heteroatoms. The standard InChI is InChI=1S/C16H19N3O2/c1-10(12-5-3-4-6-15(12)21-2)19-16(20)13-8-7-11(17)9-14(13)18/h3-10H,17-18H2,1-2H3,(H,19,20). The molecule has 0 saturated carbocycles. The molecule has 21 heavy (non-hydrogen) atoms. The summed E-state index contributed by atoms with van der Waals surface area (Å²) < 4.78 is 5.30. The second-order valence-electron chi connectivity index (χ2n) is 4.78. The van der Waals surface area contributed by atoms with Gasteiger partial charge in [-0.25, -0.2) is 0 Å². The maximum absolute atomic E-state index is 12.3. The summed E-state index contributed by atoms with van der Waals surface area (Å²) in [6.07, 6.45) is 0. The van der Waals surface area contributed by atoms with Crippen LogP contribution in [0, 0.1) is 0 Å². The van der Waals surface area contributed by atoms with Crippen LogP contribution in [0.2, 0.25) is 0 Å². The summed E-state index contributed by atoms with van der Waals surface area (Å²) in [6, 6.07) is 12.2. The fourth-order valence-corrected chi connectivity index (χ4v) is 2.16. The summed E-state index contributed by atoms with van der Waals surface area (Å²) in [5, 5.41) is 2.91. The predicted octanol–water partition coefficient (Wildman–Crippen LogP) is 2.35. The molecule has 0 aliphatic heterocycles. The number of methoxy groups -OCH3 is 1. The van der Waals surface area contributed by atoms with Crippen LogP contribution in [0.25, 0.3) is 0 Å². The largest absolute Gasteiger partial charge is 0.496 e. The predicted molar refractivity (Wildman–Crippen MR) is 84.1 cm³/mol. The number of ether oxygens (including phenoxy) is 1. The Morgan fingerprint density at radius 2 is 1.90 bits per heavy atom. The molecule has 2 rings (SSSR count). The van der Waals surface area contributed by atoms with Gasteiger partial charge in [-0.15, -0.1) is 0 Å². The number of carbonyl (C=O) groups excluding carboxylic acids is 1. The van der Waals surface area contributed by atoms with Gasteiger partial charge in [0.25, 0.3) is 5.91 Å². The molecule has 0 bridgehead atoms. The van der Waals surface area contributed by atoms with Gasteiger partial charge in [0.15, 0.2) is 0 Å². The van der Waals surface area contributed by atoms with Crippen LogP contribution in [0.1, 0.15) is 28.9 Å². The lowest BCUT2D eigenvalue weighted by Crippen LogP contribution is -2.27. The number of anilines is 2. The topological polar surface area (TPSA) is 90.4 Å². The third-order valence-electron chi connectivity index (χ3n) is 3.27. The van der Waals surface area contributed by atoms with Crippen molar-refractivity contribution in [2.75, 3.05) is 18.6 Å². The molecule has 0 aliphatic carbocycles. The first-order valence-corrected chi connectivity index (χ1v) is 6.61. The summed E-state index contributed by atoms with van der Waals surface area (Å²) in [5.74, 6) is 0.487. The molecule has 0 aromatic heterocycles. The molecular formula is C16H19N3O2. The zero-order valence-corrected chi connectivity index (χ0v) is 12.1. The molecule has 0 heterocycles. The molecule has 1 unspecified atom stereocenters. The van der Waals surface area contributed by atoms with Crippen LogP contribution in [-0.4, -0.2) is 13.0 Å². The lowest BCUT2D eigenvalue weighted by atomic mass is 10.1. The van der Waals surface area contributed by atoms with Gasteiger partial charge in [0, 0.05) is 16.9 Å². The summed E-state index contributed by atoms with van der Waals surface area (Å²) in [4.78, 5) is 12.3. The van der Waals surface area contributed by atoms with E-state index in [1.54, 1.807) is 25.3 Å². The first-order valence-electron chi connectivity index (χ1n) is 6.61. The van der Waals surface area contributed by atoms with E-state index in [2.05, 4.69) is 5.32 Å². The van der Waals surface area contributed by atoms with Crippen LogP contribution in [-0.2, 0) is 0 Å². The average Bonchev–Trinajstić information content (AvgIpc) is 2.46. The van der Waals surface area contributed by atoms with E-state index in [9.17, 15) is 4.79 Å². The number of amides is 1. The molecule has 0 fully saturated rings. The maximum Gasteiger partial charge on any atom is 0.253 e. The Balaban J connectivity index is 2.19. The number of para-hydroxylation sites is 1. The minimum absolute atomic E-state index is 0.203. The number of hydrogen-bond acceptors (Lipinski definition) is 4. The maximum atomic E-state index is 12.3. The van der Waals surface area contributed by atoms with Crippen molar-refractivity contribution in [1.29, 1.82) is 0 Å². The number of nitrogen functional groups attached to an aromatic ring is 2. The van der Waals surface area contributed by atoms with E-state index in [0.717, 1.165) is 11.3 Å². The van der Waals surface area contributed by atoms with Gasteiger partial charge < -0.3 is 21.5 Å². The SMILES string of the molecule is COc1ccccc1C(C)NC(=O)c1ccc(N)cc1N. The van der Waals surface area contributed by atoms with Gasteiger partial charge in [-0.05, 0) is 31.2 Å². The molecule has 110 valence electrons. The molecule has 0 aliphatic rings. The van der Waals surface area contributed by atoms with E-state index in [1.165, 1.54) is 0 Å². The summed E-state index contributed by atoms with van der Waals surface area (Å²) in [6.45, 7) is 1.89. The van der Waals surface area contributed by atoms with Crippen molar-refractivity contribution in [1.82, 2.24) is 5.32 Å². The smallest absolute Gasteiger partial charge is 0.253 e. The van der Waals surface area contributed by atoms with E-state index in [-0.39, 0.29) is 11.9 Å². The Bertz CT molecular complexity index is 656. The first-order chi connectivity index (χ1) is 10.0. The second kappa shape index (κ2) is 6.17. The number of rotatable bonds is 4. The summed E-state index contributed by atoms with van der Waals surface area (Å²) in [5.41, 5.74) is 13.7. The third-order valence-corrected chi connectivity index (χ3v) is 3.27. The van der Waals surface area contributed by atoms with E-state index in [4.69, 9.17) is 16.2 Å². The van der Waals surface area contributed by atoms with E-state index < -0.39 is 0 Å². The first kappa shape index (κ1) is 14.7. The number of nitrogens with two attached hydrogens (primary N) is 2. The van der Waals surface area contributed by atoms with Gasteiger partial charge in [0.1, 0.15) is 5.75 Å². The highest BCUT2D eigenvalue weighted by molar-refractivity contribution is 5.99. The molecule has 0 radical (unpaired) electrons. The monoisotopic (exact) mass is 285 g/mol. The molecule has 0 saturated heterocycles. The number of hydrogen-bond donors (Lipinski definition) is 3. The Labute approximate surface area is 123 Å². The van der Waals surface area contributed by atoms with Crippen molar-refractivity contribution in [3.05, 3.63) is 53.6 Å². The fourth-order valence-electron chi connectivity index (χ4n) is 2.16. The van der Waals surface area contributed by atoms with Crippen LogP contribution >= 0.6 is 0 Å². The van der Waals surface area contributed by atoms with Gasteiger partial charge in [0.05, 0.1) is 18.7 Å². The quantitative estimate of drug-likeness (QED) is 0.752. The van der Waals surface area contributed by atoms with Gasteiger partial charge in [0.2, 0.25) is 0 Å². The van der Waals surface area contributed by atoms with Crippen LogP contribution < -0.4 is 21.5 Å². The van der Waals surface area contributed by atoms with Gasteiger partial charge >= 0.3 is 0 Å². The molecular weight excluding hydrogens is 266 g/mol. The highest BCUT2D eigenvalue weighted by Gasteiger charge is 2.16. The minimum atomic E-state index is -0.245. The van der Waals surface area contributed by atoms with E-state index >= 15 is 0 Å². The highest BCUT2D eigenvalue weighted by Crippen LogP contribution is 2.25. The minimum Gasteiger partial charge on any atom is -0.496 e. The molecule has 1 atom stereocenters. The average molecular weight is 285 g/mol. The Kier molecular flexibility index (Phi) is 4.33. The van der Waals surface area contributed by atoms with E-state index in [1.807, 2.05) is 31.2 Å². The lowest BCUT2D eigenvalue weighted by molar-refractivity contribution is 0.0940. The van der Waals surface area contributed by atoms with Crippen molar-refractivity contribution in [2.45, 2.75) is 13.0 Å². The normalized spacial score (nSPS) is 11.7. The Hall–Kier alpha value is -2.69. The summed E-state index contributed by atoms with van der Waals surface area (Å²) >= 11 is 0. The van der Waals surface area contributed by atoms with Crippen LogP contribution in [0.4, 0.5) is 11.4 Å².